The first-order valence-corrected chi connectivity index (χ1v) is 6.83. The van der Waals surface area contributed by atoms with Crippen molar-refractivity contribution in [1.82, 2.24) is 15.1 Å². The fourth-order valence-electron chi connectivity index (χ4n) is 1.89. The highest BCUT2D eigenvalue weighted by atomic mass is 16.2. The van der Waals surface area contributed by atoms with Crippen LogP contribution in [0, 0.1) is 0 Å². The zero-order valence-corrected chi connectivity index (χ0v) is 12.6. The van der Waals surface area contributed by atoms with Gasteiger partial charge in [0.15, 0.2) is 0 Å². The Bertz CT molecular complexity index is 580. The summed E-state index contributed by atoms with van der Waals surface area (Å²) < 4.78 is 0. The van der Waals surface area contributed by atoms with Gasteiger partial charge in [-0.3, -0.25) is 5.10 Å². The van der Waals surface area contributed by atoms with Gasteiger partial charge in [-0.25, -0.2) is 4.79 Å². The maximum absolute atomic E-state index is 12.1. The van der Waals surface area contributed by atoms with Gasteiger partial charge in [-0.1, -0.05) is 6.07 Å². The highest BCUT2D eigenvalue weighted by Gasteiger charge is 2.09. The van der Waals surface area contributed by atoms with Gasteiger partial charge in [0.05, 0.1) is 6.20 Å². The largest absolute Gasteiger partial charge is 0.378 e. The Labute approximate surface area is 124 Å². The van der Waals surface area contributed by atoms with Crippen LogP contribution in [0.5, 0.6) is 0 Å². The third-order valence-corrected chi connectivity index (χ3v) is 3.25. The van der Waals surface area contributed by atoms with Gasteiger partial charge in [-0.15, -0.1) is 0 Å². The lowest BCUT2D eigenvalue weighted by molar-refractivity contribution is 0.223. The van der Waals surface area contributed by atoms with E-state index in [0.717, 1.165) is 23.4 Å². The van der Waals surface area contributed by atoms with Gasteiger partial charge in [0.25, 0.3) is 0 Å². The van der Waals surface area contributed by atoms with Crippen molar-refractivity contribution in [3.63, 3.8) is 0 Å². The molecule has 21 heavy (non-hydrogen) atoms. The first-order chi connectivity index (χ1) is 10.1. The molecule has 0 aliphatic carbocycles. The van der Waals surface area contributed by atoms with E-state index in [1.54, 1.807) is 18.1 Å². The molecule has 0 radical (unpaired) electrons. The zero-order valence-electron chi connectivity index (χ0n) is 12.6. The van der Waals surface area contributed by atoms with E-state index in [4.69, 9.17) is 0 Å². The van der Waals surface area contributed by atoms with Crippen molar-refractivity contribution < 1.29 is 4.79 Å². The number of hydrogen-bond donors (Lipinski definition) is 2. The summed E-state index contributed by atoms with van der Waals surface area (Å²) in [6.45, 7) is 0.638. The van der Waals surface area contributed by atoms with E-state index in [-0.39, 0.29) is 6.03 Å². The molecule has 0 saturated carbocycles. The number of aromatic amines is 1. The number of nitrogens with one attached hydrogen (secondary N) is 2. The van der Waals surface area contributed by atoms with Crippen molar-refractivity contribution in [3.8, 4) is 0 Å². The van der Waals surface area contributed by atoms with Gasteiger partial charge < -0.3 is 15.1 Å². The van der Waals surface area contributed by atoms with Crippen LogP contribution >= 0.6 is 0 Å². The number of anilines is 2. The van der Waals surface area contributed by atoms with Crippen molar-refractivity contribution in [3.05, 3.63) is 42.2 Å². The Morgan fingerprint density at radius 2 is 2.14 bits per heavy atom. The number of hydrogen-bond acceptors (Lipinski definition) is 3. The lowest BCUT2D eigenvalue weighted by atomic mass is 10.2. The Balaban J connectivity index is 1.89. The van der Waals surface area contributed by atoms with E-state index in [1.165, 1.54) is 0 Å². The van der Waals surface area contributed by atoms with Crippen molar-refractivity contribution >= 4 is 17.4 Å². The number of likely N-dealkylation sites (N-methyl/N-ethyl adjacent to an activating group) is 1. The zero-order chi connectivity index (χ0) is 15.2. The second-order valence-corrected chi connectivity index (χ2v) is 5.15. The summed E-state index contributed by atoms with van der Waals surface area (Å²) in [6, 6.07) is 7.64. The molecule has 6 heteroatoms. The smallest absolute Gasteiger partial charge is 0.321 e. The summed E-state index contributed by atoms with van der Waals surface area (Å²) in [5.41, 5.74) is 2.93. The molecule has 0 unspecified atom stereocenters. The summed E-state index contributed by atoms with van der Waals surface area (Å²) in [5, 5.41) is 9.56. The number of amides is 2. The maximum Gasteiger partial charge on any atom is 0.321 e. The predicted octanol–water partition coefficient (Wildman–Crippen LogP) is 2.18. The first-order valence-electron chi connectivity index (χ1n) is 6.83. The highest BCUT2D eigenvalue weighted by Crippen LogP contribution is 2.17. The summed E-state index contributed by atoms with van der Waals surface area (Å²) in [5.74, 6) is 0. The van der Waals surface area contributed by atoms with E-state index in [0.29, 0.717) is 6.54 Å². The fraction of sp³-hybridized carbons (Fsp3) is 0.333. The Hall–Kier alpha value is -2.50. The number of benzene rings is 1. The molecule has 2 amide bonds. The third-order valence-electron chi connectivity index (χ3n) is 3.25. The first kappa shape index (κ1) is 14.9. The lowest BCUT2D eigenvalue weighted by Crippen LogP contribution is -2.33. The molecule has 6 nitrogen and oxygen atoms in total. The van der Waals surface area contributed by atoms with E-state index < -0.39 is 0 Å². The van der Waals surface area contributed by atoms with Crippen LogP contribution in [0.1, 0.15) is 5.56 Å². The van der Waals surface area contributed by atoms with E-state index in [1.807, 2.05) is 49.5 Å². The molecule has 1 heterocycles. The molecule has 0 spiro atoms. The van der Waals surface area contributed by atoms with E-state index in [2.05, 4.69) is 15.5 Å². The lowest BCUT2D eigenvalue weighted by Gasteiger charge is -2.19. The monoisotopic (exact) mass is 287 g/mol. The third kappa shape index (κ3) is 4.24. The molecule has 0 aliphatic rings. The van der Waals surface area contributed by atoms with Crippen molar-refractivity contribution in [2.24, 2.45) is 0 Å². The van der Waals surface area contributed by atoms with Crippen LogP contribution < -0.4 is 10.2 Å². The number of rotatable bonds is 5. The minimum absolute atomic E-state index is 0.116. The molecular formula is C15H21N5O. The Kier molecular flexibility index (Phi) is 4.81. The molecule has 0 atom stereocenters. The van der Waals surface area contributed by atoms with Crippen LogP contribution in [-0.4, -0.2) is 48.8 Å². The number of carbonyl (C=O) groups is 1. The minimum Gasteiger partial charge on any atom is -0.378 e. The SMILES string of the molecule is CN(CCc1cn[nH]c1)C(=O)Nc1cccc(N(C)C)c1. The molecule has 1 aromatic carbocycles. The fourth-order valence-corrected chi connectivity index (χ4v) is 1.89. The van der Waals surface area contributed by atoms with Gasteiger partial charge in [-0.2, -0.15) is 5.10 Å². The molecule has 0 aliphatic heterocycles. The second kappa shape index (κ2) is 6.78. The topological polar surface area (TPSA) is 64.3 Å². The summed E-state index contributed by atoms with van der Waals surface area (Å²) in [6.07, 6.45) is 4.39. The average molecular weight is 287 g/mol. The molecular weight excluding hydrogens is 266 g/mol. The average Bonchev–Trinajstić information content (AvgIpc) is 2.98. The summed E-state index contributed by atoms with van der Waals surface area (Å²) in [7, 11) is 5.72. The van der Waals surface area contributed by atoms with Crippen molar-refractivity contribution in [1.29, 1.82) is 0 Å². The van der Waals surface area contributed by atoms with Gasteiger partial charge in [0.2, 0.25) is 0 Å². The van der Waals surface area contributed by atoms with Crippen LogP contribution in [0.2, 0.25) is 0 Å². The number of aromatic nitrogens is 2. The van der Waals surface area contributed by atoms with Crippen LogP contribution in [0.15, 0.2) is 36.7 Å². The van der Waals surface area contributed by atoms with Crippen molar-refractivity contribution in [2.75, 3.05) is 37.9 Å². The number of urea groups is 1. The standard InChI is InChI=1S/C15H21N5O/c1-19(2)14-6-4-5-13(9-14)18-15(21)20(3)8-7-12-10-16-17-11-12/h4-6,9-11H,7-8H2,1-3H3,(H,16,17)(H,18,21). The predicted molar refractivity (Wildman–Crippen MR) is 84.7 cm³/mol. The number of carbonyl (C=O) groups excluding carboxylic acids is 1. The molecule has 1 aromatic heterocycles. The summed E-state index contributed by atoms with van der Waals surface area (Å²) >= 11 is 0. The Morgan fingerprint density at radius 3 is 2.81 bits per heavy atom. The number of nitrogens with zero attached hydrogens (tertiary/aromatic N) is 3. The van der Waals surface area contributed by atoms with Gasteiger partial charge in [0.1, 0.15) is 0 Å². The Morgan fingerprint density at radius 1 is 1.33 bits per heavy atom. The molecule has 2 rings (SSSR count). The van der Waals surface area contributed by atoms with Crippen LogP contribution in [0.25, 0.3) is 0 Å². The van der Waals surface area contributed by atoms with Crippen LogP contribution in [0.4, 0.5) is 16.2 Å². The van der Waals surface area contributed by atoms with Gasteiger partial charge in [0, 0.05) is 45.3 Å². The molecule has 2 aromatic rings. The molecule has 0 saturated heterocycles. The normalized spacial score (nSPS) is 10.2. The molecule has 0 bridgehead atoms. The quantitative estimate of drug-likeness (QED) is 0.886. The number of H-pyrrole nitrogens is 1. The summed E-state index contributed by atoms with van der Waals surface area (Å²) in [4.78, 5) is 15.8. The molecule has 2 N–H and O–H groups in total. The minimum atomic E-state index is -0.116. The second-order valence-electron chi connectivity index (χ2n) is 5.15. The van der Waals surface area contributed by atoms with Crippen LogP contribution in [0.3, 0.4) is 0 Å². The van der Waals surface area contributed by atoms with Gasteiger partial charge in [-0.05, 0) is 30.2 Å². The van der Waals surface area contributed by atoms with Crippen molar-refractivity contribution in [2.45, 2.75) is 6.42 Å². The van der Waals surface area contributed by atoms with Crippen LogP contribution in [-0.2, 0) is 6.42 Å². The highest BCUT2D eigenvalue weighted by molar-refractivity contribution is 5.89. The van der Waals surface area contributed by atoms with E-state index >= 15 is 0 Å². The molecule has 0 fully saturated rings. The van der Waals surface area contributed by atoms with Gasteiger partial charge >= 0.3 is 6.03 Å². The molecule has 112 valence electrons. The maximum atomic E-state index is 12.1. The van der Waals surface area contributed by atoms with E-state index in [9.17, 15) is 4.79 Å².